The minimum absolute atomic E-state index is 0.0172. The van der Waals surface area contributed by atoms with E-state index < -0.39 is 0 Å². The summed E-state index contributed by atoms with van der Waals surface area (Å²) < 4.78 is 10.6. The first kappa shape index (κ1) is 15.9. The molecule has 0 aromatic heterocycles. The summed E-state index contributed by atoms with van der Waals surface area (Å²) >= 11 is 0. The van der Waals surface area contributed by atoms with E-state index in [2.05, 4.69) is 5.32 Å². The van der Waals surface area contributed by atoms with Crippen LogP contribution in [0.2, 0.25) is 0 Å². The molecule has 22 heavy (non-hydrogen) atoms. The first-order valence-electron chi connectivity index (χ1n) is 7.33. The van der Waals surface area contributed by atoms with Gasteiger partial charge in [0.1, 0.15) is 11.5 Å². The lowest BCUT2D eigenvalue weighted by Gasteiger charge is -2.11. The average molecular weight is 299 g/mol. The summed E-state index contributed by atoms with van der Waals surface area (Å²) in [7, 11) is 1.62. The van der Waals surface area contributed by atoms with Crippen LogP contribution in [0.4, 0.5) is 0 Å². The lowest BCUT2D eigenvalue weighted by Crippen LogP contribution is -2.24. The van der Waals surface area contributed by atoms with E-state index in [1.54, 1.807) is 7.11 Å². The predicted octanol–water partition coefficient (Wildman–Crippen LogP) is 2.95. The van der Waals surface area contributed by atoms with Crippen molar-refractivity contribution in [1.29, 1.82) is 0 Å². The number of carbonyl (C=O) groups excluding carboxylic acids is 1. The number of methoxy groups -OCH3 is 1. The molecule has 0 aliphatic rings. The van der Waals surface area contributed by atoms with Gasteiger partial charge in [0.15, 0.2) is 0 Å². The topological polar surface area (TPSA) is 47.6 Å². The number of carbonyl (C=O) groups is 1. The Morgan fingerprint density at radius 1 is 1.09 bits per heavy atom. The number of nitrogens with one attached hydrogen (secondary N) is 1. The molecule has 0 radical (unpaired) electrons. The third-order valence-corrected chi connectivity index (χ3v) is 3.27. The Hall–Kier alpha value is -2.49. The molecule has 0 spiro atoms. The average Bonchev–Trinajstić information content (AvgIpc) is 2.55. The van der Waals surface area contributed by atoms with Gasteiger partial charge in [-0.05, 0) is 30.7 Å². The first-order valence-corrected chi connectivity index (χ1v) is 7.33. The highest BCUT2D eigenvalue weighted by Crippen LogP contribution is 2.17. The number of ether oxygens (including phenoxy) is 2. The van der Waals surface area contributed by atoms with E-state index in [9.17, 15) is 4.79 Å². The Morgan fingerprint density at radius 2 is 1.82 bits per heavy atom. The van der Waals surface area contributed by atoms with Crippen molar-refractivity contribution in [3.8, 4) is 11.5 Å². The zero-order valence-corrected chi connectivity index (χ0v) is 13.0. The summed E-state index contributed by atoms with van der Waals surface area (Å²) in [6.07, 6.45) is 0.348. The smallest absolute Gasteiger partial charge is 0.224 e. The molecule has 0 unspecified atom stereocenters. The van der Waals surface area contributed by atoms with Gasteiger partial charge in [0.05, 0.1) is 20.1 Å². The summed E-state index contributed by atoms with van der Waals surface area (Å²) in [5.41, 5.74) is 1.93. The zero-order valence-electron chi connectivity index (χ0n) is 13.0. The molecular formula is C18H21NO3. The standard InChI is InChI=1S/C18H21NO3/c1-3-22-17-7-5-4-6-15(17)13-19-18(20)12-14-8-10-16(21-2)11-9-14/h4-11H,3,12-13H2,1-2H3,(H,19,20). The molecule has 1 amide bonds. The van der Waals surface area contributed by atoms with Crippen LogP contribution in [-0.4, -0.2) is 19.6 Å². The number of hydrogen-bond acceptors (Lipinski definition) is 3. The second-order valence-electron chi connectivity index (χ2n) is 4.84. The summed E-state index contributed by atoms with van der Waals surface area (Å²) in [4.78, 5) is 12.0. The maximum absolute atomic E-state index is 12.0. The SMILES string of the molecule is CCOc1ccccc1CNC(=O)Cc1ccc(OC)cc1. The van der Waals surface area contributed by atoms with Gasteiger partial charge in [-0.25, -0.2) is 0 Å². The molecule has 2 rings (SSSR count). The van der Waals surface area contributed by atoms with Gasteiger partial charge >= 0.3 is 0 Å². The van der Waals surface area contributed by atoms with Crippen LogP contribution in [0, 0.1) is 0 Å². The van der Waals surface area contributed by atoms with Crippen molar-refractivity contribution in [2.45, 2.75) is 19.9 Å². The first-order chi connectivity index (χ1) is 10.7. The molecule has 2 aromatic rings. The normalized spacial score (nSPS) is 10.1. The van der Waals surface area contributed by atoms with Gasteiger partial charge in [0.2, 0.25) is 5.91 Å². The van der Waals surface area contributed by atoms with Crippen molar-refractivity contribution in [3.63, 3.8) is 0 Å². The van der Waals surface area contributed by atoms with Crippen molar-refractivity contribution < 1.29 is 14.3 Å². The third kappa shape index (κ3) is 4.52. The Labute approximate surface area is 131 Å². The highest BCUT2D eigenvalue weighted by Gasteiger charge is 2.06. The lowest BCUT2D eigenvalue weighted by atomic mass is 10.1. The van der Waals surface area contributed by atoms with Crippen molar-refractivity contribution in [2.75, 3.05) is 13.7 Å². The van der Waals surface area contributed by atoms with Gasteiger partial charge < -0.3 is 14.8 Å². The lowest BCUT2D eigenvalue weighted by molar-refractivity contribution is -0.120. The second kappa shape index (κ2) is 8.08. The quantitative estimate of drug-likeness (QED) is 0.855. The molecule has 0 saturated carbocycles. The maximum atomic E-state index is 12.0. The van der Waals surface area contributed by atoms with Crippen molar-refractivity contribution in [3.05, 3.63) is 59.7 Å². The molecule has 116 valence electrons. The van der Waals surface area contributed by atoms with Gasteiger partial charge in [-0.15, -0.1) is 0 Å². The molecule has 0 aliphatic heterocycles. The summed E-state index contributed by atoms with van der Waals surface area (Å²) in [6.45, 7) is 3.01. The number of hydrogen-bond donors (Lipinski definition) is 1. The Kier molecular flexibility index (Phi) is 5.83. The summed E-state index contributed by atoms with van der Waals surface area (Å²) in [5, 5.41) is 2.92. The highest BCUT2D eigenvalue weighted by atomic mass is 16.5. The van der Waals surface area contributed by atoms with Crippen molar-refractivity contribution >= 4 is 5.91 Å². The van der Waals surface area contributed by atoms with Crippen LogP contribution in [0.3, 0.4) is 0 Å². The summed E-state index contributed by atoms with van der Waals surface area (Å²) in [5.74, 6) is 1.58. The fourth-order valence-electron chi connectivity index (χ4n) is 2.13. The minimum atomic E-state index is -0.0172. The van der Waals surface area contributed by atoms with Crippen LogP contribution in [-0.2, 0) is 17.8 Å². The van der Waals surface area contributed by atoms with Gasteiger partial charge in [-0.1, -0.05) is 30.3 Å². The van der Waals surface area contributed by atoms with Gasteiger partial charge in [-0.2, -0.15) is 0 Å². The van der Waals surface area contributed by atoms with E-state index in [4.69, 9.17) is 9.47 Å². The number of benzene rings is 2. The van der Waals surface area contributed by atoms with E-state index in [0.717, 1.165) is 22.6 Å². The molecular weight excluding hydrogens is 278 g/mol. The van der Waals surface area contributed by atoms with E-state index in [-0.39, 0.29) is 5.91 Å². The van der Waals surface area contributed by atoms with Gasteiger partial charge in [-0.3, -0.25) is 4.79 Å². The fourth-order valence-corrected chi connectivity index (χ4v) is 2.13. The molecule has 4 nitrogen and oxygen atoms in total. The van der Waals surface area contributed by atoms with Crippen molar-refractivity contribution in [2.24, 2.45) is 0 Å². The van der Waals surface area contributed by atoms with E-state index in [1.807, 2.05) is 55.5 Å². The highest BCUT2D eigenvalue weighted by molar-refractivity contribution is 5.78. The molecule has 0 heterocycles. The zero-order chi connectivity index (χ0) is 15.8. The largest absolute Gasteiger partial charge is 0.497 e. The number of para-hydroxylation sites is 1. The van der Waals surface area contributed by atoms with Crippen LogP contribution >= 0.6 is 0 Å². The molecule has 1 N–H and O–H groups in total. The van der Waals surface area contributed by atoms with Gasteiger partial charge in [0, 0.05) is 12.1 Å². The van der Waals surface area contributed by atoms with Gasteiger partial charge in [0.25, 0.3) is 0 Å². The predicted molar refractivity (Wildman–Crippen MR) is 86.2 cm³/mol. The monoisotopic (exact) mass is 299 g/mol. The Bertz CT molecular complexity index is 608. The molecule has 0 aliphatic carbocycles. The van der Waals surface area contributed by atoms with Crippen LogP contribution in [0.1, 0.15) is 18.1 Å². The van der Waals surface area contributed by atoms with Crippen LogP contribution in [0.15, 0.2) is 48.5 Å². The van der Waals surface area contributed by atoms with E-state index in [1.165, 1.54) is 0 Å². The fraction of sp³-hybridized carbons (Fsp3) is 0.278. The maximum Gasteiger partial charge on any atom is 0.224 e. The Balaban J connectivity index is 1.89. The number of rotatable bonds is 7. The van der Waals surface area contributed by atoms with Crippen LogP contribution < -0.4 is 14.8 Å². The summed E-state index contributed by atoms with van der Waals surface area (Å²) in [6, 6.07) is 15.2. The van der Waals surface area contributed by atoms with E-state index in [0.29, 0.717) is 19.6 Å². The molecule has 0 fully saturated rings. The molecule has 0 atom stereocenters. The second-order valence-corrected chi connectivity index (χ2v) is 4.84. The van der Waals surface area contributed by atoms with Crippen molar-refractivity contribution in [1.82, 2.24) is 5.32 Å². The molecule has 0 saturated heterocycles. The van der Waals surface area contributed by atoms with Crippen LogP contribution in [0.25, 0.3) is 0 Å². The molecule has 4 heteroatoms. The van der Waals surface area contributed by atoms with E-state index >= 15 is 0 Å². The van der Waals surface area contributed by atoms with Crippen LogP contribution in [0.5, 0.6) is 11.5 Å². The minimum Gasteiger partial charge on any atom is -0.497 e. The Morgan fingerprint density at radius 3 is 2.50 bits per heavy atom. The third-order valence-electron chi connectivity index (χ3n) is 3.27. The number of amides is 1. The molecule has 2 aromatic carbocycles. The molecule has 0 bridgehead atoms.